The fourth-order valence-corrected chi connectivity index (χ4v) is 2.88. The van der Waals surface area contributed by atoms with E-state index < -0.39 is 0 Å². The van der Waals surface area contributed by atoms with Gasteiger partial charge < -0.3 is 20.3 Å². The van der Waals surface area contributed by atoms with Crippen LogP contribution in [0.2, 0.25) is 0 Å². The smallest absolute Gasteiger partial charge is 0.191 e. The van der Waals surface area contributed by atoms with Gasteiger partial charge in [0, 0.05) is 31.7 Å². The molecule has 5 nitrogen and oxygen atoms in total. The molecule has 0 aliphatic carbocycles. The first-order valence-corrected chi connectivity index (χ1v) is 9.49. The fourth-order valence-electron chi connectivity index (χ4n) is 2.88. The van der Waals surface area contributed by atoms with Crippen LogP contribution < -0.4 is 15.4 Å². The summed E-state index contributed by atoms with van der Waals surface area (Å²) in [7, 11) is 6.03. The lowest BCUT2D eigenvalue weighted by molar-refractivity contribution is 0.290. The topological polar surface area (TPSA) is 48.9 Å². The summed E-state index contributed by atoms with van der Waals surface area (Å²) < 4.78 is 5.69. The van der Waals surface area contributed by atoms with Crippen molar-refractivity contribution >= 4 is 5.96 Å². The summed E-state index contributed by atoms with van der Waals surface area (Å²) in [5, 5.41) is 6.83. The average Bonchev–Trinajstić information content (AvgIpc) is 2.69. The molecular formula is C22H32N4O. The summed E-state index contributed by atoms with van der Waals surface area (Å²) in [6, 6.07) is 19.0. The molecule has 0 spiro atoms. The van der Waals surface area contributed by atoms with Crippen LogP contribution >= 0.6 is 0 Å². The van der Waals surface area contributed by atoms with Crippen molar-refractivity contribution in [3.8, 4) is 5.75 Å². The quantitative estimate of drug-likeness (QED) is 0.528. The van der Waals surface area contributed by atoms with E-state index in [-0.39, 0.29) is 0 Å². The third-order valence-corrected chi connectivity index (χ3v) is 4.49. The number of hydrogen-bond donors (Lipinski definition) is 2. The van der Waals surface area contributed by atoms with E-state index in [1.807, 2.05) is 25.1 Å². The van der Waals surface area contributed by atoms with Gasteiger partial charge in [0.1, 0.15) is 5.75 Å². The first kappa shape index (κ1) is 20.8. The number of para-hydroxylation sites is 1. The van der Waals surface area contributed by atoms with Crippen LogP contribution in [0.15, 0.2) is 59.6 Å². The maximum absolute atomic E-state index is 5.69. The Bertz CT molecular complexity index is 700. The maximum atomic E-state index is 5.69. The Hall–Kier alpha value is -2.53. The van der Waals surface area contributed by atoms with Crippen molar-refractivity contribution in [2.75, 3.05) is 34.3 Å². The molecule has 1 atom stereocenters. The van der Waals surface area contributed by atoms with Crippen LogP contribution in [0.1, 0.15) is 18.1 Å². The Balaban J connectivity index is 1.90. The maximum Gasteiger partial charge on any atom is 0.191 e. The van der Waals surface area contributed by atoms with Gasteiger partial charge in [-0.2, -0.15) is 0 Å². The van der Waals surface area contributed by atoms with E-state index in [9.17, 15) is 0 Å². The van der Waals surface area contributed by atoms with E-state index in [1.165, 1.54) is 5.56 Å². The molecule has 2 rings (SSSR count). The molecule has 2 N–H and O–H groups in total. The lowest BCUT2D eigenvalue weighted by Gasteiger charge is -2.26. The van der Waals surface area contributed by atoms with Gasteiger partial charge in [-0.05, 0) is 39.1 Å². The molecule has 27 heavy (non-hydrogen) atoms. The highest BCUT2D eigenvalue weighted by Gasteiger charge is 2.13. The number of aliphatic imine (C=N–C) groups is 1. The van der Waals surface area contributed by atoms with Crippen LogP contribution in [-0.4, -0.2) is 51.2 Å². The predicted molar refractivity (Wildman–Crippen MR) is 113 cm³/mol. The minimum atomic E-state index is 0.377. The van der Waals surface area contributed by atoms with Crippen molar-refractivity contribution in [1.29, 1.82) is 0 Å². The van der Waals surface area contributed by atoms with E-state index in [0.29, 0.717) is 19.2 Å². The molecule has 0 bridgehead atoms. The first-order chi connectivity index (χ1) is 13.1. The number of nitrogens with zero attached hydrogens (tertiary/aromatic N) is 2. The highest BCUT2D eigenvalue weighted by Crippen LogP contribution is 2.17. The average molecular weight is 369 g/mol. The van der Waals surface area contributed by atoms with Crippen LogP contribution in [0.25, 0.3) is 0 Å². The van der Waals surface area contributed by atoms with Gasteiger partial charge in [-0.15, -0.1) is 0 Å². The van der Waals surface area contributed by atoms with Crippen LogP contribution in [0.3, 0.4) is 0 Å². The Kier molecular flexibility index (Phi) is 8.65. The van der Waals surface area contributed by atoms with Crippen molar-refractivity contribution in [2.45, 2.75) is 25.9 Å². The molecule has 146 valence electrons. The second-order valence-corrected chi connectivity index (χ2v) is 6.65. The standard InChI is InChI=1S/C22H32N4O/c1-5-27-21-14-10-9-13-19(21)16-24-22(23-2)25-17-20(26(3)4)15-18-11-7-6-8-12-18/h6-14,20H,5,15-17H2,1-4H3,(H2,23,24,25). The number of ether oxygens (including phenoxy) is 1. The minimum Gasteiger partial charge on any atom is -0.494 e. The van der Waals surface area contributed by atoms with Crippen molar-refractivity contribution < 1.29 is 4.74 Å². The number of benzene rings is 2. The summed E-state index contributed by atoms with van der Waals surface area (Å²) in [5.41, 5.74) is 2.46. The predicted octanol–water partition coefficient (Wildman–Crippen LogP) is 2.92. The third-order valence-electron chi connectivity index (χ3n) is 4.49. The first-order valence-electron chi connectivity index (χ1n) is 9.49. The molecule has 0 amide bonds. The van der Waals surface area contributed by atoms with Gasteiger partial charge in [0.25, 0.3) is 0 Å². The number of nitrogens with one attached hydrogen (secondary N) is 2. The Morgan fingerprint density at radius 2 is 1.74 bits per heavy atom. The van der Waals surface area contributed by atoms with Crippen LogP contribution in [0, 0.1) is 0 Å². The molecule has 0 saturated heterocycles. The molecule has 5 heteroatoms. The monoisotopic (exact) mass is 368 g/mol. The van der Waals surface area contributed by atoms with Gasteiger partial charge in [0.2, 0.25) is 0 Å². The van der Waals surface area contributed by atoms with Crippen molar-refractivity contribution in [1.82, 2.24) is 15.5 Å². The van der Waals surface area contributed by atoms with E-state index in [4.69, 9.17) is 4.74 Å². The highest BCUT2D eigenvalue weighted by atomic mass is 16.5. The molecule has 0 aliphatic rings. The third kappa shape index (κ3) is 6.94. The molecule has 0 saturated carbocycles. The molecular weight excluding hydrogens is 336 g/mol. The molecule has 0 aromatic heterocycles. The van der Waals surface area contributed by atoms with Gasteiger partial charge in [0.05, 0.1) is 6.61 Å². The summed E-state index contributed by atoms with van der Waals surface area (Å²) in [4.78, 5) is 6.60. The van der Waals surface area contributed by atoms with E-state index >= 15 is 0 Å². The second kappa shape index (κ2) is 11.2. The van der Waals surface area contributed by atoms with Gasteiger partial charge in [-0.25, -0.2) is 0 Å². The zero-order chi connectivity index (χ0) is 19.5. The summed E-state index contributed by atoms with van der Waals surface area (Å²) in [6.07, 6.45) is 0.991. The number of likely N-dealkylation sites (N-methyl/N-ethyl adjacent to an activating group) is 1. The molecule has 0 aliphatic heterocycles. The lowest BCUT2D eigenvalue weighted by Crippen LogP contribution is -2.45. The van der Waals surface area contributed by atoms with E-state index in [0.717, 1.165) is 30.2 Å². The summed E-state index contributed by atoms with van der Waals surface area (Å²) >= 11 is 0. The minimum absolute atomic E-state index is 0.377. The van der Waals surface area contributed by atoms with Gasteiger partial charge in [-0.3, -0.25) is 4.99 Å². The van der Waals surface area contributed by atoms with Gasteiger partial charge in [0.15, 0.2) is 5.96 Å². The molecule has 0 fully saturated rings. The van der Waals surface area contributed by atoms with Crippen molar-refractivity contribution in [3.63, 3.8) is 0 Å². The molecule has 2 aromatic rings. The lowest BCUT2D eigenvalue weighted by atomic mass is 10.1. The largest absolute Gasteiger partial charge is 0.494 e. The molecule has 2 aromatic carbocycles. The highest BCUT2D eigenvalue weighted by molar-refractivity contribution is 5.79. The summed E-state index contributed by atoms with van der Waals surface area (Å²) in [6.45, 7) is 4.14. The number of hydrogen-bond acceptors (Lipinski definition) is 3. The second-order valence-electron chi connectivity index (χ2n) is 6.65. The van der Waals surface area contributed by atoms with Gasteiger partial charge >= 0.3 is 0 Å². The van der Waals surface area contributed by atoms with Crippen LogP contribution in [0.5, 0.6) is 5.75 Å². The zero-order valence-electron chi connectivity index (χ0n) is 16.9. The van der Waals surface area contributed by atoms with Crippen molar-refractivity contribution in [3.05, 3.63) is 65.7 Å². The molecule has 0 heterocycles. The Labute approximate surface area is 163 Å². The van der Waals surface area contributed by atoms with E-state index in [2.05, 4.69) is 71.0 Å². The number of guanidine groups is 1. The number of rotatable bonds is 9. The van der Waals surface area contributed by atoms with E-state index in [1.54, 1.807) is 7.05 Å². The fraction of sp³-hybridized carbons (Fsp3) is 0.409. The van der Waals surface area contributed by atoms with Gasteiger partial charge in [-0.1, -0.05) is 48.5 Å². The Morgan fingerprint density at radius 3 is 2.41 bits per heavy atom. The normalized spacial score (nSPS) is 12.7. The summed E-state index contributed by atoms with van der Waals surface area (Å²) in [5.74, 6) is 1.71. The Morgan fingerprint density at radius 1 is 1.04 bits per heavy atom. The molecule has 1 unspecified atom stereocenters. The SMILES string of the molecule is CCOc1ccccc1CNC(=NC)NCC(Cc1ccccc1)N(C)C. The molecule has 0 radical (unpaired) electrons. The zero-order valence-corrected chi connectivity index (χ0v) is 16.9. The van der Waals surface area contributed by atoms with Crippen LogP contribution in [-0.2, 0) is 13.0 Å². The van der Waals surface area contributed by atoms with Crippen LogP contribution in [0.4, 0.5) is 0 Å². The van der Waals surface area contributed by atoms with Crippen molar-refractivity contribution in [2.24, 2.45) is 4.99 Å².